The van der Waals surface area contributed by atoms with Gasteiger partial charge in [0.25, 0.3) is 0 Å². The van der Waals surface area contributed by atoms with Crippen LogP contribution < -0.4 is 10.1 Å². The first kappa shape index (κ1) is 28.6. The molecule has 37 heavy (non-hydrogen) atoms. The highest BCUT2D eigenvalue weighted by molar-refractivity contribution is 9.10. The van der Waals surface area contributed by atoms with Gasteiger partial charge in [-0.3, -0.25) is 9.59 Å². The first-order valence-corrected chi connectivity index (χ1v) is 12.5. The van der Waals surface area contributed by atoms with E-state index >= 15 is 0 Å². The summed E-state index contributed by atoms with van der Waals surface area (Å²) in [6, 6.07) is 11.0. The lowest BCUT2D eigenvalue weighted by molar-refractivity contribution is -0.274. The molecule has 6 nitrogen and oxygen atoms in total. The van der Waals surface area contributed by atoms with Gasteiger partial charge in [-0.05, 0) is 111 Å². The number of hydrogen-bond acceptors (Lipinski definition) is 4. The Morgan fingerprint density at radius 3 is 2.16 bits per heavy atom. The summed E-state index contributed by atoms with van der Waals surface area (Å²) in [4.78, 5) is 25.5. The van der Waals surface area contributed by atoms with Gasteiger partial charge in [0.1, 0.15) is 12.3 Å². The summed E-state index contributed by atoms with van der Waals surface area (Å²) in [6.45, 7) is 11.1. The highest BCUT2D eigenvalue weighted by atomic mass is 79.9. The van der Waals surface area contributed by atoms with E-state index in [1.807, 2.05) is 39.0 Å². The highest BCUT2D eigenvalue weighted by Gasteiger charge is 2.33. The monoisotopic (exact) mass is 582 g/mol. The van der Waals surface area contributed by atoms with E-state index in [2.05, 4.69) is 26.0 Å². The fraction of sp³-hybridized carbons (Fsp3) is 0.407. The number of fused-ring (bicyclic) bond motifs is 1. The van der Waals surface area contributed by atoms with Crippen LogP contribution in [0.25, 0.3) is 22.2 Å². The Morgan fingerprint density at radius 1 is 1.00 bits per heavy atom. The number of amides is 1. The van der Waals surface area contributed by atoms with Gasteiger partial charge in [0.2, 0.25) is 5.91 Å². The lowest BCUT2D eigenvalue weighted by Crippen LogP contribution is -2.42. The van der Waals surface area contributed by atoms with Gasteiger partial charge < -0.3 is 19.4 Å². The molecule has 10 heteroatoms. The van der Waals surface area contributed by atoms with E-state index in [-0.39, 0.29) is 30.8 Å². The van der Waals surface area contributed by atoms with Crippen LogP contribution in [0.2, 0.25) is 0 Å². The lowest BCUT2D eigenvalue weighted by atomic mass is 9.84. The van der Waals surface area contributed by atoms with Crippen LogP contribution in [-0.4, -0.2) is 35.0 Å². The number of benzene rings is 2. The van der Waals surface area contributed by atoms with Gasteiger partial charge in [-0.1, -0.05) is 0 Å². The molecule has 0 aliphatic rings. The molecule has 2 aromatic carbocycles. The zero-order chi connectivity index (χ0) is 27.8. The zero-order valence-electron chi connectivity index (χ0n) is 21.5. The number of hydrogen-bond donors (Lipinski definition) is 1. The SMILES string of the molecule is CCOC(=O)C(C)(C)c1cc(Br)c2c(c1)cc(-c1ccc(OC(F)(F)F)cc1)n2CC(=O)NC(C)(C)C. The van der Waals surface area contributed by atoms with Crippen molar-refractivity contribution in [3.8, 4) is 17.0 Å². The summed E-state index contributed by atoms with van der Waals surface area (Å²) in [7, 11) is 0. The maximum absolute atomic E-state index is 12.9. The third kappa shape index (κ3) is 6.85. The van der Waals surface area contributed by atoms with Crippen LogP contribution >= 0.6 is 15.9 Å². The molecule has 1 N–H and O–H groups in total. The molecule has 0 saturated heterocycles. The smallest absolute Gasteiger partial charge is 0.465 e. The molecule has 3 aromatic rings. The second-order valence-corrected chi connectivity index (χ2v) is 11.1. The van der Waals surface area contributed by atoms with Crippen LogP contribution in [0.3, 0.4) is 0 Å². The van der Waals surface area contributed by atoms with Crippen LogP contribution in [0.4, 0.5) is 13.2 Å². The number of nitrogens with zero attached hydrogens (tertiary/aromatic N) is 1. The number of halogens is 4. The second-order valence-electron chi connectivity index (χ2n) is 10.2. The molecule has 1 amide bonds. The molecule has 3 rings (SSSR count). The fourth-order valence-electron chi connectivity index (χ4n) is 3.98. The Kier molecular flexibility index (Phi) is 8.02. The van der Waals surface area contributed by atoms with Crippen molar-refractivity contribution in [3.05, 3.63) is 52.5 Å². The molecule has 0 bridgehead atoms. The third-order valence-corrected chi connectivity index (χ3v) is 6.26. The van der Waals surface area contributed by atoms with Gasteiger partial charge in [0.05, 0.1) is 17.5 Å². The molecule has 0 unspecified atom stereocenters. The third-order valence-electron chi connectivity index (χ3n) is 5.65. The van der Waals surface area contributed by atoms with Crippen LogP contribution in [0.1, 0.15) is 47.1 Å². The minimum Gasteiger partial charge on any atom is -0.465 e. The summed E-state index contributed by atoms with van der Waals surface area (Å²) < 4.78 is 49.6. The molecular weight excluding hydrogens is 553 g/mol. The molecule has 0 fully saturated rings. The number of carbonyl (C=O) groups excluding carboxylic acids is 2. The van der Waals surface area contributed by atoms with Gasteiger partial charge in [0, 0.05) is 21.1 Å². The first-order valence-electron chi connectivity index (χ1n) is 11.7. The Labute approximate surface area is 222 Å². The Morgan fingerprint density at radius 2 is 1.62 bits per heavy atom. The van der Waals surface area contributed by atoms with E-state index in [4.69, 9.17) is 4.74 Å². The molecule has 0 saturated carbocycles. The molecule has 1 heterocycles. The summed E-state index contributed by atoms with van der Waals surface area (Å²) in [5.41, 5.74) is 1.23. The van der Waals surface area contributed by atoms with Crippen molar-refractivity contribution in [1.82, 2.24) is 9.88 Å². The number of aromatic nitrogens is 1. The maximum atomic E-state index is 12.9. The molecule has 0 aliphatic heterocycles. The first-order chi connectivity index (χ1) is 17.0. The van der Waals surface area contributed by atoms with Crippen LogP contribution in [0, 0.1) is 0 Å². The normalized spacial score (nSPS) is 12.5. The van der Waals surface area contributed by atoms with Crippen LogP contribution in [0.5, 0.6) is 5.75 Å². The van der Waals surface area contributed by atoms with Crippen molar-refractivity contribution in [2.24, 2.45) is 0 Å². The molecule has 0 radical (unpaired) electrons. The van der Waals surface area contributed by atoms with Crippen molar-refractivity contribution in [3.63, 3.8) is 0 Å². The van der Waals surface area contributed by atoms with Crippen molar-refractivity contribution < 1.29 is 32.2 Å². The minimum atomic E-state index is -4.80. The van der Waals surface area contributed by atoms with Crippen LogP contribution in [0.15, 0.2) is 46.9 Å². The Hall–Kier alpha value is -3.01. The highest BCUT2D eigenvalue weighted by Crippen LogP contribution is 2.38. The van der Waals surface area contributed by atoms with Crippen molar-refractivity contribution in [2.45, 2.75) is 65.4 Å². The fourth-order valence-corrected chi connectivity index (χ4v) is 4.67. The minimum absolute atomic E-state index is 0.0316. The van der Waals surface area contributed by atoms with Gasteiger partial charge in [-0.15, -0.1) is 13.2 Å². The Balaban J connectivity index is 2.16. The van der Waals surface area contributed by atoms with Gasteiger partial charge in [-0.2, -0.15) is 0 Å². The largest absolute Gasteiger partial charge is 0.573 e. The maximum Gasteiger partial charge on any atom is 0.573 e. The summed E-state index contributed by atoms with van der Waals surface area (Å²) in [5.74, 6) is -0.944. The van der Waals surface area contributed by atoms with E-state index < -0.39 is 17.3 Å². The predicted octanol–water partition coefficient (Wildman–Crippen LogP) is 6.72. The number of esters is 1. The van der Waals surface area contributed by atoms with E-state index in [1.165, 1.54) is 24.3 Å². The average Bonchev–Trinajstić information content (AvgIpc) is 3.10. The molecule has 200 valence electrons. The predicted molar refractivity (Wildman–Crippen MR) is 139 cm³/mol. The zero-order valence-corrected chi connectivity index (χ0v) is 23.1. The van der Waals surface area contributed by atoms with Gasteiger partial charge in [0.15, 0.2) is 0 Å². The van der Waals surface area contributed by atoms with Crippen molar-refractivity contribution >= 4 is 38.7 Å². The summed E-state index contributed by atoms with van der Waals surface area (Å²) in [5, 5.41) is 3.68. The molecular formula is C27H30BrF3N2O4. The molecule has 0 spiro atoms. The van der Waals surface area contributed by atoms with Gasteiger partial charge >= 0.3 is 12.3 Å². The number of ether oxygens (including phenoxy) is 2. The standard InChI is InChI=1S/C27H30BrF3N2O4/c1-7-36-24(35)26(5,6)18-12-17-13-21(16-8-10-19(11-9-16)37-27(29,30)31)33(23(17)20(28)14-18)15-22(34)32-25(2,3)4/h8-14H,7,15H2,1-6H3,(H,32,34). The van der Waals surface area contributed by atoms with E-state index in [0.717, 1.165) is 5.39 Å². The van der Waals surface area contributed by atoms with Gasteiger partial charge in [-0.25, -0.2) is 0 Å². The number of nitrogens with one attached hydrogen (secondary N) is 1. The number of alkyl halides is 3. The molecule has 0 atom stereocenters. The number of carbonyl (C=O) groups is 2. The van der Waals surface area contributed by atoms with Crippen molar-refractivity contribution in [2.75, 3.05) is 6.61 Å². The topological polar surface area (TPSA) is 69.6 Å². The quantitative estimate of drug-likeness (QED) is 0.314. The van der Waals surface area contributed by atoms with Crippen LogP contribution in [-0.2, 0) is 26.3 Å². The summed E-state index contributed by atoms with van der Waals surface area (Å²) >= 11 is 3.61. The van der Waals surface area contributed by atoms with Crippen molar-refractivity contribution in [1.29, 1.82) is 0 Å². The molecule has 0 aliphatic carbocycles. The lowest BCUT2D eigenvalue weighted by Gasteiger charge is -2.24. The van der Waals surface area contributed by atoms with E-state index in [9.17, 15) is 22.8 Å². The second kappa shape index (κ2) is 10.4. The Bertz CT molecular complexity index is 1310. The van der Waals surface area contributed by atoms with E-state index in [1.54, 1.807) is 25.3 Å². The van der Waals surface area contributed by atoms with E-state index in [0.29, 0.717) is 26.8 Å². The average molecular weight is 583 g/mol. The number of rotatable bonds is 7. The summed E-state index contributed by atoms with van der Waals surface area (Å²) in [6.07, 6.45) is -4.80. The molecule has 1 aromatic heterocycles.